The van der Waals surface area contributed by atoms with Gasteiger partial charge in [-0.25, -0.2) is 0 Å². The van der Waals surface area contributed by atoms with E-state index in [4.69, 9.17) is 61.6 Å². The summed E-state index contributed by atoms with van der Waals surface area (Å²) in [5.41, 5.74) is 1.38. The predicted molar refractivity (Wildman–Crippen MR) is 220 cm³/mol. The molecule has 0 atom stereocenters. The molecule has 1 fully saturated rings. The van der Waals surface area contributed by atoms with Crippen molar-refractivity contribution in [3.8, 4) is 5.75 Å². The molecule has 0 bridgehead atoms. The lowest BCUT2D eigenvalue weighted by Crippen LogP contribution is -2.33. The molecule has 1 heterocycles. The Labute approximate surface area is 344 Å². The molecule has 1 aromatic rings. The minimum absolute atomic E-state index is 0.370. The highest BCUT2D eigenvalue weighted by atomic mass is 16.6. The van der Waals surface area contributed by atoms with Crippen molar-refractivity contribution in [2.24, 2.45) is 0 Å². The molecule has 14 nitrogen and oxygen atoms in total. The van der Waals surface area contributed by atoms with Crippen molar-refractivity contribution in [2.75, 3.05) is 172 Å². The van der Waals surface area contributed by atoms with Gasteiger partial charge in [0.1, 0.15) is 12.4 Å². The molecule has 0 radical (unpaired) electrons. The van der Waals surface area contributed by atoms with Gasteiger partial charge in [0.05, 0.1) is 158 Å². The van der Waals surface area contributed by atoms with Gasteiger partial charge in [-0.2, -0.15) is 0 Å². The van der Waals surface area contributed by atoms with Crippen LogP contribution in [0.3, 0.4) is 0 Å². The second-order valence-corrected chi connectivity index (χ2v) is 13.6. The predicted octanol–water partition coefficient (Wildman–Crippen LogP) is 4.92. The summed E-state index contributed by atoms with van der Waals surface area (Å²) < 4.78 is 72.4. The molecule has 1 saturated heterocycles. The highest BCUT2D eigenvalue weighted by Crippen LogP contribution is 2.15. The van der Waals surface area contributed by atoms with Crippen LogP contribution in [-0.2, 0) is 63.3 Å². The number of hydrogen-bond acceptors (Lipinski definition) is 14. The fraction of sp³-hybridized carbons (Fsp3) is 0.860. The molecular weight excluding hydrogens is 738 g/mol. The van der Waals surface area contributed by atoms with Gasteiger partial charge in [0, 0.05) is 0 Å². The van der Waals surface area contributed by atoms with Gasteiger partial charge < -0.3 is 66.9 Å². The molecule has 0 spiro atoms. The quantitative estimate of drug-likeness (QED) is 0.0894. The molecular formula is C43H79NO13. The van der Waals surface area contributed by atoms with Gasteiger partial charge in [0.15, 0.2) is 0 Å². The van der Waals surface area contributed by atoms with Gasteiger partial charge in [0.2, 0.25) is 0 Å². The van der Waals surface area contributed by atoms with Crippen molar-refractivity contribution in [1.82, 2.24) is 5.32 Å². The van der Waals surface area contributed by atoms with Crippen LogP contribution in [0.15, 0.2) is 24.3 Å². The SMILES string of the molecule is CCCCCCCCc1ccc(OCCOCCOCCOCCOCCOCCOCCOCCOCCOCCOCCOCCOC2CCNCC2)cc1. The number of hydrogen-bond donors (Lipinski definition) is 1. The largest absolute Gasteiger partial charge is 0.491 e. The Balaban J connectivity index is 1.15. The molecule has 1 aliphatic heterocycles. The van der Waals surface area contributed by atoms with E-state index in [9.17, 15) is 0 Å². The fourth-order valence-electron chi connectivity index (χ4n) is 5.62. The lowest BCUT2D eigenvalue weighted by molar-refractivity contribution is -0.0326. The molecule has 14 heteroatoms. The zero-order valence-electron chi connectivity index (χ0n) is 35.4. The van der Waals surface area contributed by atoms with Crippen LogP contribution in [0.4, 0.5) is 0 Å². The molecule has 0 amide bonds. The molecule has 0 aliphatic carbocycles. The summed E-state index contributed by atoms with van der Waals surface area (Å²) in [5.74, 6) is 0.885. The van der Waals surface area contributed by atoms with Gasteiger partial charge >= 0.3 is 0 Å². The minimum Gasteiger partial charge on any atom is -0.491 e. The number of nitrogens with one attached hydrogen (secondary N) is 1. The Kier molecular flexibility index (Phi) is 38.6. The Morgan fingerprint density at radius 3 is 1.12 bits per heavy atom. The molecule has 2 rings (SSSR count). The summed E-state index contributed by atoms with van der Waals surface area (Å²) in [6, 6.07) is 8.44. The van der Waals surface area contributed by atoms with Crippen LogP contribution < -0.4 is 10.1 Å². The molecule has 57 heavy (non-hydrogen) atoms. The summed E-state index contributed by atoms with van der Waals surface area (Å²) in [6.45, 7) is 17.1. The number of ether oxygens (including phenoxy) is 13. The maximum Gasteiger partial charge on any atom is 0.119 e. The van der Waals surface area contributed by atoms with Gasteiger partial charge in [-0.05, 0) is 56.5 Å². The van der Waals surface area contributed by atoms with Crippen LogP contribution in [0.1, 0.15) is 63.9 Å². The van der Waals surface area contributed by atoms with Crippen LogP contribution >= 0.6 is 0 Å². The lowest BCUT2D eigenvalue weighted by atomic mass is 10.0. The molecule has 1 aliphatic rings. The number of benzene rings is 1. The zero-order chi connectivity index (χ0) is 40.2. The first kappa shape index (κ1) is 51.6. The lowest BCUT2D eigenvalue weighted by Gasteiger charge is -2.22. The van der Waals surface area contributed by atoms with Crippen LogP contribution in [-0.4, -0.2) is 178 Å². The smallest absolute Gasteiger partial charge is 0.119 e. The van der Waals surface area contributed by atoms with Crippen molar-refractivity contribution in [2.45, 2.75) is 70.8 Å². The van der Waals surface area contributed by atoms with Crippen molar-refractivity contribution in [3.05, 3.63) is 29.8 Å². The first-order valence-corrected chi connectivity index (χ1v) is 21.8. The Morgan fingerprint density at radius 2 is 0.737 bits per heavy atom. The second kappa shape index (κ2) is 42.6. The molecule has 1 N–H and O–H groups in total. The molecule has 0 saturated carbocycles. The van der Waals surface area contributed by atoms with E-state index in [2.05, 4.69) is 36.5 Å². The molecule has 1 aromatic carbocycles. The molecule has 0 unspecified atom stereocenters. The minimum atomic E-state index is 0.370. The van der Waals surface area contributed by atoms with E-state index >= 15 is 0 Å². The summed E-state index contributed by atoms with van der Waals surface area (Å²) in [7, 11) is 0. The third kappa shape index (κ3) is 36.1. The monoisotopic (exact) mass is 818 g/mol. The van der Waals surface area contributed by atoms with E-state index in [1.165, 1.54) is 44.1 Å². The number of unbranched alkanes of at least 4 members (excludes halogenated alkanes) is 5. The van der Waals surface area contributed by atoms with E-state index < -0.39 is 0 Å². The highest BCUT2D eigenvalue weighted by Gasteiger charge is 2.12. The van der Waals surface area contributed by atoms with Crippen LogP contribution in [0.5, 0.6) is 5.75 Å². The Hall–Kier alpha value is -1.50. The van der Waals surface area contributed by atoms with E-state index in [1.807, 2.05) is 0 Å². The maximum atomic E-state index is 5.80. The normalized spacial score (nSPS) is 13.5. The van der Waals surface area contributed by atoms with Crippen LogP contribution in [0.2, 0.25) is 0 Å². The van der Waals surface area contributed by atoms with Crippen LogP contribution in [0.25, 0.3) is 0 Å². The fourth-order valence-corrected chi connectivity index (χ4v) is 5.62. The van der Waals surface area contributed by atoms with Crippen molar-refractivity contribution >= 4 is 0 Å². The van der Waals surface area contributed by atoms with E-state index in [1.54, 1.807) is 0 Å². The van der Waals surface area contributed by atoms with Crippen molar-refractivity contribution in [3.63, 3.8) is 0 Å². The zero-order valence-corrected chi connectivity index (χ0v) is 35.4. The molecule has 334 valence electrons. The second-order valence-electron chi connectivity index (χ2n) is 13.6. The summed E-state index contributed by atoms with van der Waals surface area (Å²) in [4.78, 5) is 0. The highest BCUT2D eigenvalue weighted by molar-refractivity contribution is 5.27. The summed E-state index contributed by atoms with van der Waals surface area (Å²) in [5, 5.41) is 3.33. The Morgan fingerprint density at radius 1 is 0.404 bits per heavy atom. The maximum absolute atomic E-state index is 5.80. The summed E-state index contributed by atoms with van der Waals surface area (Å²) in [6.07, 6.45) is 11.6. The Bertz CT molecular complexity index is 927. The van der Waals surface area contributed by atoms with Gasteiger partial charge in [-0.1, -0.05) is 51.2 Å². The van der Waals surface area contributed by atoms with Crippen molar-refractivity contribution in [1.29, 1.82) is 0 Å². The standard InChI is InChI=1S/C43H79NO13/c1-2-3-4-5-6-7-8-41-9-11-42(12-10-41)56-39-37-54-35-33-52-31-29-50-27-25-48-23-21-46-19-17-45-18-20-47-22-24-49-26-28-51-30-32-53-34-36-55-38-40-57-43-13-15-44-16-14-43/h9-12,43-44H,2-8,13-40H2,1H3. The van der Waals surface area contributed by atoms with Crippen molar-refractivity contribution < 1.29 is 61.6 Å². The van der Waals surface area contributed by atoms with E-state index in [0.717, 1.165) is 38.1 Å². The van der Waals surface area contributed by atoms with Gasteiger partial charge in [0.25, 0.3) is 0 Å². The average molecular weight is 818 g/mol. The number of aryl methyl sites for hydroxylation is 1. The van der Waals surface area contributed by atoms with E-state index in [-0.39, 0.29) is 0 Å². The first-order valence-electron chi connectivity index (χ1n) is 21.8. The third-order valence-electron chi connectivity index (χ3n) is 8.83. The molecule has 0 aromatic heterocycles. The third-order valence-corrected chi connectivity index (χ3v) is 8.83. The average Bonchev–Trinajstić information content (AvgIpc) is 3.24. The van der Waals surface area contributed by atoms with Crippen LogP contribution in [0, 0.1) is 0 Å². The first-order chi connectivity index (χ1) is 28.4. The number of rotatable bonds is 45. The number of piperidine rings is 1. The topological polar surface area (TPSA) is 132 Å². The van der Waals surface area contributed by atoms with Gasteiger partial charge in [-0.15, -0.1) is 0 Å². The van der Waals surface area contributed by atoms with E-state index in [0.29, 0.717) is 165 Å². The van der Waals surface area contributed by atoms with Gasteiger partial charge in [-0.3, -0.25) is 0 Å². The summed E-state index contributed by atoms with van der Waals surface area (Å²) >= 11 is 0.